The number of nitrogens with zero attached hydrogens (tertiary/aromatic N) is 3. The number of anilines is 1. The van der Waals surface area contributed by atoms with E-state index in [0.29, 0.717) is 13.0 Å². The van der Waals surface area contributed by atoms with Crippen molar-refractivity contribution in [2.45, 2.75) is 26.4 Å². The molecule has 6 nitrogen and oxygen atoms in total. The van der Waals surface area contributed by atoms with Gasteiger partial charge in [-0.25, -0.2) is 0 Å². The predicted octanol–water partition coefficient (Wildman–Crippen LogP) is 2.05. The van der Waals surface area contributed by atoms with Crippen LogP contribution in [0.25, 0.3) is 0 Å². The first-order valence-electron chi connectivity index (χ1n) is 8.37. The van der Waals surface area contributed by atoms with Crippen molar-refractivity contribution in [2.24, 2.45) is 0 Å². The predicted molar refractivity (Wildman–Crippen MR) is 92.7 cm³/mol. The standard InChI is InChI=1S/C18H24N4O2/c1-15-12-19-22(13-15)6-5-18(23)20-17-4-2-3-16(11-17)14-21-7-9-24-10-8-21/h2-4,11-13H,5-10,14H2,1H3,(H,20,23). The molecule has 0 saturated carbocycles. The fourth-order valence-electron chi connectivity index (χ4n) is 2.79. The Hall–Kier alpha value is -2.18. The first-order valence-corrected chi connectivity index (χ1v) is 8.37. The Labute approximate surface area is 142 Å². The van der Waals surface area contributed by atoms with Crippen LogP contribution in [-0.2, 0) is 22.6 Å². The molecule has 0 atom stereocenters. The highest BCUT2D eigenvalue weighted by molar-refractivity contribution is 5.90. The van der Waals surface area contributed by atoms with Gasteiger partial charge in [0.25, 0.3) is 0 Å². The quantitative estimate of drug-likeness (QED) is 0.882. The van der Waals surface area contributed by atoms with Gasteiger partial charge in [0.15, 0.2) is 0 Å². The van der Waals surface area contributed by atoms with Crippen molar-refractivity contribution >= 4 is 11.6 Å². The molecule has 0 spiro atoms. The first-order chi connectivity index (χ1) is 11.7. The number of morpholine rings is 1. The second-order valence-electron chi connectivity index (χ2n) is 6.17. The van der Waals surface area contributed by atoms with Gasteiger partial charge in [0.2, 0.25) is 5.91 Å². The van der Waals surface area contributed by atoms with Gasteiger partial charge >= 0.3 is 0 Å². The van der Waals surface area contributed by atoms with E-state index in [-0.39, 0.29) is 5.91 Å². The van der Waals surface area contributed by atoms with E-state index in [0.717, 1.165) is 44.1 Å². The molecule has 0 unspecified atom stereocenters. The number of carbonyl (C=O) groups excluding carboxylic acids is 1. The van der Waals surface area contributed by atoms with E-state index in [9.17, 15) is 4.79 Å². The Kier molecular flexibility index (Phi) is 5.61. The summed E-state index contributed by atoms with van der Waals surface area (Å²) in [6.45, 7) is 6.97. The SMILES string of the molecule is Cc1cnn(CCC(=O)Nc2cccc(CN3CCOCC3)c2)c1. The lowest BCUT2D eigenvalue weighted by molar-refractivity contribution is -0.116. The van der Waals surface area contributed by atoms with Gasteiger partial charge < -0.3 is 10.1 Å². The van der Waals surface area contributed by atoms with E-state index in [1.165, 1.54) is 5.56 Å². The Morgan fingerprint density at radius 1 is 1.33 bits per heavy atom. The van der Waals surface area contributed by atoms with Crippen LogP contribution in [0.2, 0.25) is 0 Å². The molecular weight excluding hydrogens is 304 g/mol. The summed E-state index contributed by atoms with van der Waals surface area (Å²) in [4.78, 5) is 14.5. The minimum Gasteiger partial charge on any atom is -0.379 e. The zero-order valence-electron chi connectivity index (χ0n) is 14.1. The second kappa shape index (κ2) is 8.08. The van der Waals surface area contributed by atoms with Crippen LogP contribution in [0.1, 0.15) is 17.5 Å². The summed E-state index contributed by atoms with van der Waals surface area (Å²) in [6, 6.07) is 8.06. The van der Waals surface area contributed by atoms with Crippen LogP contribution < -0.4 is 5.32 Å². The van der Waals surface area contributed by atoms with Crippen molar-refractivity contribution in [3.05, 3.63) is 47.8 Å². The fraction of sp³-hybridized carbons (Fsp3) is 0.444. The van der Waals surface area contributed by atoms with Gasteiger partial charge in [0, 0.05) is 44.5 Å². The maximum atomic E-state index is 12.1. The van der Waals surface area contributed by atoms with Gasteiger partial charge in [-0.3, -0.25) is 14.4 Å². The highest BCUT2D eigenvalue weighted by atomic mass is 16.5. The van der Waals surface area contributed by atoms with Crippen molar-refractivity contribution < 1.29 is 9.53 Å². The van der Waals surface area contributed by atoms with Crippen LogP contribution in [0.5, 0.6) is 0 Å². The molecule has 2 heterocycles. The van der Waals surface area contributed by atoms with Gasteiger partial charge in [0.1, 0.15) is 0 Å². The summed E-state index contributed by atoms with van der Waals surface area (Å²) in [7, 11) is 0. The lowest BCUT2D eigenvalue weighted by Crippen LogP contribution is -2.35. The molecule has 6 heteroatoms. The monoisotopic (exact) mass is 328 g/mol. The molecule has 0 aliphatic carbocycles. The van der Waals surface area contributed by atoms with Gasteiger partial charge in [-0.05, 0) is 30.2 Å². The fourth-order valence-corrected chi connectivity index (χ4v) is 2.79. The van der Waals surface area contributed by atoms with Crippen molar-refractivity contribution in [1.29, 1.82) is 0 Å². The average molecular weight is 328 g/mol. The Morgan fingerprint density at radius 3 is 2.92 bits per heavy atom. The van der Waals surface area contributed by atoms with Crippen LogP contribution in [0, 0.1) is 6.92 Å². The molecule has 1 amide bonds. The van der Waals surface area contributed by atoms with Crippen LogP contribution in [0.4, 0.5) is 5.69 Å². The minimum absolute atomic E-state index is 0.00618. The van der Waals surface area contributed by atoms with Crippen molar-refractivity contribution in [2.75, 3.05) is 31.6 Å². The third kappa shape index (κ3) is 4.91. The van der Waals surface area contributed by atoms with E-state index < -0.39 is 0 Å². The van der Waals surface area contributed by atoms with E-state index in [2.05, 4.69) is 21.4 Å². The molecule has 1 saturated heterocycles. The molecular formula is C18H24N4O2. The van der Waals surface area contributed by atoms with Crippen LogP contribution in [-0.4, -0.2) is 46.9 Å². The van der Waals surface area contributed by atoms with E-state index in [4.69, 9.17) is 4.74 Å². The van der Waals surface area contributed by atoms with Gasteiger partial charge in [0.05, 0.1) is 19.4 Å². The lowest BCUT2D eigenvalue weighted by atomic mass is 10.1. The maximum absolute atomic E-state index is 12.1. The number of hydrogen-bond donors (Lipinski definition) is 1. The van der Waals surface area contributed by atoms with Gasteiger partial charge in [-0.15, -0.1) is 0 Å². The molecule has 0 radical (unpaired) electrons. The zero-order chi connectivity index (χ0) is 16.8. The van der Waals surface area contributed by atoms with Crippen molar-refractivity contribution in [3.63, 3.8) is 0 Å². The molecule has 1 aliphatic rings. The normalized spacial score (nSPS) is 15.4. The number of benzene rings is 1. The molecule has 1 aromatic heterocycles. The number of rotatable bonds is 6. The first kappa shape index (κ1) is 16.7. The Morgan fingerprint density at radius 2 is 2.17 bits per heavy atom. The van der Waals surface area contributed by atoms with E-state index >= 15 is 0 Å². The number of ether oxygens (including phenoxy) is 1. The smallest absolute Gasteiger partial charge is 0.226 e. The summed E-state index contributed by atoms with van der Waals surface area (Å²) in [5, 5.41) is 7.17. The average Bonchev–Trinajstić information content (AvgIpc) is 3.00. The molecule has 3 rings (SSSR count). The summed E-state index contributed by atoms with van der Waals surface area (Å²) in [6.07, 6.45) is 4.15. The molecule has 1 aliphatic heterocycles. The molecule has 24 heavy (non-hydrogen) atoms. The highest BCUT2D eigenvalue weighted by Crippen LogP contribution is 2.14. The summed E-state index contributed by atoms with van der Waals surface area (Å²) >= 11 is 0. The highest BCUT2D eigenvalue weighted by Gasteiger charge is 2.11. The van der Waals surface area contributed by atoms with Crippen LogP contribution in [0.15, 0.2) is 36.7 Å². The number of aryl methyl sites for hydroxylation is 2. The van der Waals surface area contributed by atoms with E-state index in [1.54, 1.807) is 10.9 Å². The summed E-state index contributed by atoms with van der Waals surface area (Å²) in [5.74, 6) is 0.00618. The Balaban J connectivity index is 1.50. The van der Waals surface area contributed by atoms with Gasteiger partial charge in [-0.2, -0.15) is 5.10 Å². The van der Waals surface area contributed by atoms with Crippen molar-refractivity contribution in [3.8, 4) is 0 Å². The van der Waals surface area contributed by atoms with Gasteiger partial charge in [-0.1, -0.05) is 12.1 Å². The second-order valence-corrected chi connectivity index (χ2v) is 6.17. The third-order valence-electron chi connectivity index (χ3n) is 4.05. The zero-order valence-corrected chi connectivity index (χ0v) is 14.1. The van der Waals surface area contributed by atoms with Crippen LogP contribution >= 0.6 is 0 Å². The molecule has 1 N–H and O–H groups in total. The maximum Gasteiger partial charge on any atom is 0.226 e. The summed E-state index contributed by atoms with van der Waals surface area (Å²) < 4.78 is 7.17. The van der Waals surface area contributed by atoms with E-state index in [1.807, 2.05) is 31.3 Å². The molecule has 1 fully saturated rings. The third-order valence-corrected chi connectivity index (χ3v) is 4.05. The molecule has 2 aromatic rings. The van der Waals surface area contributed by atoms with Crippen molar-refractivity contribution in [1.82, 2.24) is 14.7 Å². The summed E-state index contributed by atoms with van der Waals surface area (Å²) in [5.41, 5.74) is 3.16. The molecule has 0 bridgehead atoms. The number of aromatic nitrogens is 2. The van der Waals surface area contributed by atoms with Crippen LogP contribution in [0.3, 0.4) is 0 Å². The Bertz CT molecular complexity index is 677. The number of nitrogens with one attached hydrogen (secondary N) is 1. The minimum atomic E-state index is 0.00618. The topological polar surface area (TPSA) is 59.4 Å². The number of amides is 1. The lowest BCUT2D eigenvalue weighted by Gasteiger charge is -2.26. The number of hydrogen-bond acceptors (Lipinski definition) is 4. The largest absolute Gasteiger partial charge is 0.379 e. The molecule has 1 aromatic carbocycles. The number of carbonyl (C=O) groups is 1. The molecule has 128 valence electrons.